The first kappa shape index (κ1) is 19.1. The maximum atomic E-state index is 13.4. The van der Waals surface area contributed by atoms with Gasteiger partial charge in [-0.2, -0.15) is 10.4 Å². The quantitative estimate of drug-likeness (QED) is 0.449. The van der Waals surface area contributed by atoms with Gasteiger partial charge in [0.2, 0.25) is 0 Å². The highest BCUT2D eigenvalue weighted by Crippen LogP contribution is 2.25. The van der Waals surface area contributed by atoms with Crippen molar-refractivity contribution in [3.63, 3.8) is 0 Å². The van der Waals surface area contributed by atoms with E-state index in [9.17, 15) is 14.4 Å². The Morgan fingerprint density at radius 1 is 1.00 bits per heavy atom. The minimum Gasteiger partial charge on any atom is -0.457 e. The van der Waals surface area contributed by atoms with Crippen LogP contribution in [0.5, 0.6) is 0 Å². The molecule has 0 aliphatic rings. The number of rotatable bonds is 5. The fourth-order valence-corrected chi connectivity index (χ4v) is 3.03. The van der Waals surface area contributed by atoms with Crippen molar-refractivity contribution >= 4 is 5.97 Å². The molecule has 5 nitrogen and oxygen atoms in total. The number of aromatic nitrogens is 2. The summed E-state index contributed by atoms with van der Waals surface area (Å²) in [6.45, 7) is -0.0397. The summed E-state index contributed by atoms with van der Waals surface area (Å²) < 4.78 is 20.4. The molecule has 0 N–H and O–H groups in total. The Kier molecular flexibility index (Phi) is 5.35. The maximum Gasteiger partial charge on any atom is 0.342 e. The normalized spacial score (nSPS) is 10.4. The van der Waals surface area contributed by atoms with E-state index >= 15 is 0 Å². The lowest BCUT2D eigenvalue weighted by Gasteiger charge is -2.06. The molecular formula is C24H16FN3O2. The second-order valence-electron chi connectivity index (χ2n) is 6.52. The van der Waals surface area contributed by atoms with E-state index in [0.717, 1.165) is 5.69 Å². The summed E-state index contributed by atoms with van der Waals surface area (Å²) >= 11 is 0. The zero-order valence-electron chi connectivity index (χ0n) is 15.8. The van der Waals surface area contributed by atoms with Gasteiger partial charge in [-0.05, 0) is 42.5 Å². The summed E-state index contributed by atoms with van der Waals surface area (Å²) in [5.74, 6) is -0.956. The average Bonchev–Trinajstić information content (AvgIpc) is 3.24. The zero-order chi connectivity index (χ0) is 20.9. The van der Waals surface area contributed by atoms with Crippen molar-refractivity contribution < 1.29 is 13.9 Å². The summed E-state index contributed by atoms with van der Waals surface area (Å²) in [6.07, 6.45) is 1.59. The van der Waals surface area contributed by atoms with Gasteiger partial charge in [-0.3, -0.25) is 0 Å². The number of carbonyl (C=O) groups is 1. The fraction of sp³-hybridized carbons (Fsp3) is 0.0417. The molecule has 0 fully saturated rings. The Morgan fingerprint density at radius 2 is 1.70 bits per heavy atom. The van der Waals surface area contributed by atoms with Gasteiger partial charge >= 0.3 is 5.97 Å². The monoisotopic (exact) mass is 397 g/mol. The van der Waals surface area contributed by atoms with E-state index in [1.807, 2.05) is 30.3 Å². The molecule has 0 amide bonds. The number of nitrogens with zero attached hydrogens (tertiary/aromatic N) is 3. The molecular weight excluding hydrogens is 381 g/mol. The molecule has 1 aromatic heterocycles. The van der Waals surface area contributed by atoms with Crippen LogP contribution < -0.4 is 0 Å². The van der Waals surface area contributed by atoms with Gasteiger partial charge in [0.05, 0.1) is 17.3 Å². The Morgan fingerprint density at radius 3 is 2.43 bits per heavy atom. The topological polar surface area (TPSA) is 67.9 Å². The van der Waals surface area contributed by atoms with Gasteiger partial charge < -0.3 is 4.74 Å². The Hall–Kier alpha value is -4.24. The van der Waals surface area contributed by atoms with E-state index in [1.54, 1.807) is 47.3 Å². The number of nitriles is 1. The third-order valence-electron chi connectivity index (χ3n) is 4.57. The molecule has 0 bridgehead atoms. The second-order valence-corrected chi connectivity index (χ2v) is 6.52. The lowest BCUT2D eigenvalue weighted by Crippen LogP contribution is -2.06. The highest BCUT2D eigenvalue weighted by atomic mass is 19.1. The van der Waals surface area contributed by atoms with E-state index in [1.165, 1.54) is 12.1 Å². The van der Waals surface area contributed by atoms with Crippen LogP contribution in [-0.2, 0) is 11.3 Å². The molecule has 0 radical (unpaired) electrons. The first-order valence-electron chi connectivity index (χ1n) is 9.22. The standard InChI is InChI=1S/C24H16FN3O2/c25-20-12-10-17(11-13-20)23-22(15-28(27-23)21-8-2-1-3-9-21)24(29)30-16-19-7-5-4-6-18(19)14-26/h1-13,15H,16H2. The first-order chi connectivity index (χ1) is 14.7. The number of hydrogen-bond donors (Lipinski definition) is 0. The van der Waals surface area contributed by atoms with Gasteiger partial charge in [0.1, 0.15) is 23.7 Å². The van der Waals surface area contributed by atoms with Crippen LogP contribution in [0.3, 0.4) is 0 Å². The van der Waals surface area contributed by atoms with Crippen molar-refractivity contribution in [2.45, 2.75) is 6.61 Å². The van der Waals surface area contributed by atoms with Crippen LogP contribution in [0, 0.1) is 17.1 Å². The molecule has 6 heteroatoms. The predicted octanol–water partition coefficient (Wildman–Crippen LogP) is 4.91. The van der Waals surface area contributed by atoms with Crippen LogP contribution >= 0.6 is 0 Å². The molecule has 1 heterocycles. The van der Waals surface area contributed by atoms with Crippen molar-refractivity contribution in [1.29, 1.82) is 5.26 Å². The van der Waals surface area contributed by atoms with Gasteiger partial charge in [-0.1, -0.05) is 36.4 Å². The minimum atomic E-state index is -0.579. The lowest BCUT2D eigenvalue weighted by atomic mass is 10.1. The molecule has 3 aromatic carbocycles. The molecule has 0 atom stereocenters. The van der Waals surface area contributed by atoms with Crippen molar-refractivity contribution in [2.24, 2.45) is 0 Å². The van der Waals surface area contributed by atoms with Crippen LogP contribution in [0.4, 0.5) is 4.39 Å². The minimum absolute atomic E-state index is 0.0397. The summed E-state index contributed by atoms with van der Waals surface area (Å²) in [5, 5.41) is 13.7. The van der Waals surface area contributed by atoms with Crippen molar-refractivity contribution in [2.75, 3.05) is 0 Å². The third kappa shape index (κ3) is 3.96. The molecule has 0 spiro atoms. The number of esters is 1. The number of hydrogen-bond acceptors (Lipinski definition) is 4. The van der Waals surface area contributed by atoms with Crippen LogP contribution in [0.2, 0.25) is 0 Å². The molecule has 146 valence electrons. The zero-order valence-corrected chi connectivity index (χ0v) is 15.8. The number of ether oxygens (including phenoxy) is 1. The highest BCUT2D eigenvalue weighted by molar-refractivity contribution is 5.96. The molecule has 0 saturated carbocycles. The first-order valence-corrected chi connectivity index (χ1v) is 9.22. The van der Waals surface area contributed by atoms with E-state index in [2.05, 4.69) is 11.2 Å². The van der Waals surface area contributed by atoms with E-state index in [4.69, 9.17) is 4.74 Å². The molecule has 0 saturated heterocycles. The average molecular weight is 397 g/mol. The molecule has 0 aliphatic carbocycles. The fourth-order valence-electron chi connectivity index (χ4n) is 3.03. The lowest BCUT2D eigenvalue weighted by molar-refractivity contribution is 0.0473. The van der Waals surface area contributed by atoms with E-state index in [-0.39, 0.29) is 18.0 Å². The van der Waals surface area contributed by atoms with Gasteiger partial charge in [0.15, 0.2) is 0 Å². The number of benzene rings is 3. The summed E-state index contributed by atoms with van der Waals surface area (Å²) in [5.41, 5.74) is 3.07. The molecule has 4 aromatic rings. The SMILES string of the molecule is N#Cc1ccccc1COC(=O)c1cn(-c2ccccc2)nc1-c1ccc(F)cc1. The van der Waals surface area contributed by atoms with Gasteiger partial charge in [0.25, 0.3) is 0 Å². The molecule has 0 unspecified atom stereocenters. The summed E-state index contributed by atoms with van der Waals surface area (Å²) in [6, 6.07) is 24.1. The predicted molar refractivity (Wildman–Crippen MR) is 109 cm³/mol. The van der Waals surface area contributed by atoms with Crippen molar-refractivity contribution in [3.8, 4) is 23.0 Å². The number of halogens is 1. The van der Waals surface area contributed by atoms with Gasteiger partial charge in [-0.15, -0.1) is 0 Å². The number of para-hydroxylation sites is 1. The Balaban J connectivity index is 1.68. The smallest absolute Gasteiger partial charge is 0.342 e. The van der Waals surface area contributed by atoms with Crippen LogP contribution in [0.25, 0.3) is 16.9 Å². The molecule has 30 heavy (non-hydrogen) atoms. The van der Waals surface area contributed by atoms with Crippen LogP contribution in [-0.4, -0.2) is 15.7 Å². The summed E-state index contributed by atoms with van der Waals surface area (Å²) in [4.78, 5) is 12.9. The van der Waals surface area contributed by atoms with Gasteiger partial charge in [0, 0.05) is 17.3 Å². The van der Waals surface area contributed by atoms with Gasteiger partial charge in [-0.25, -0.2) is 13.9 Å². The largest absolute Gasteiger partial charge is 0.457 e. The number of carbonyl (C=O) groups excluding carboxylic acids is 1. The highest BCUT2D eigenvalue weighted by Gasteiger charge is 2.20. The van der Waals surface area contributed by atoms with Crippen molar-refractivity contribution in [1.82, 2.24) is 9.78 Å². The molecule has 4 rings (SSSR count). The second kappa shape index (κ2) is 8.41. The van der Waals surface area contributed by atoms with E-state index in [0.29, 0.717) is 22.4 Å². The molecule has 0 aliphatic heterocycles. The Bertz CT molecular complexity index is 1230. The summed E-state index contributed by atoms with van der Waals surface area (Å²) in [7, 11) is 0. The maximum absolute atomic E-state index is 13.4. The van der Waals surface area contributed by atoms with Crippen LogP contribution in [0.1, 0.15) is 21.5 Å². The van der Waals surface area contributed by atoms with E-state index < -0.39 is 5.97 Å². The van der Waals surface area contributed by atoms with Crippen LogP contribution in [0.15, 0.2) is 85.1 Å². The third-order valence-corrected chi connectivity index (χ3v) is 4.57. The van der Waals surface area contributed by atoms with Crippen molar-refractivity contribution in [3.05, 3.63) is 108 Å². The Labute approximate surface area is 172 Å².